The zero-order chi connectivity index (χ0) is 22.3. The van der Waals surface area contributed by atoms with Gasteiger partial charge in [0, 0.05) is 12.5 Å². The van der Waals surface area contributed by atoms with Crippen LogP contribution in [0.5, 0.6) is 5.75 Å². The molecule has 1 aliphatic heterocycles. The fourth-order valence-electron chi connectivity index (χ4n) is 4.28. The lowest BCUT2D eigenvalue weighted by molar-refractivity contribution is -0.0238. The third-order valence-electron chi connectivity index (χ3n) is 6.14. The summed E-state index contributed by atoms with van der Waals surface area (Å²) in [5.41, 5.74) is 2.22. The minimum atomic E-state index is -0.262. The first-order valence-electron chi connectivity index (χ1n) is 11.4. The average Bonchev–Trinajstić information content (AvgIpc) is 2.83. The highest BCUT2D eigenvalue weighted by Gasteiger charge is 2.34. The van der Waals surface area contributed by atoms with Gasteiger partial charge in [-0.05, 0) is 52.9 Å². The SMILES string of the molecule is CCCCOC(=O)N1CCC(c2ccc(O)cc2)C(OCc2ccc3ccccc3c2)C1. The molecule has 1 heterocycles. The molecule has 4 rings (SSSR count). The van der Waals surface area contributed by atoms with Crippen LogP contribution in [0.25, 0.3) is 10.8 Å². The zero-order valence-electron chi connectivity index (χ0n) is 18.6. The minimum Gasteiger partial charge on any atom is -0.508 e. The molecule has 2 atom stereocenters. The third-order valence-corrected chi connectivity index (χ3v) is 6.14. The molecule has 2 unspecified atom stereocenters. The Hall–Kier alpha value is -3.05. The summed E-state index contributed by atoms with van der Waals surface area (Å²) in [5.74, 6) is 0.398. The van der Waals surface area contributed by atoms with Gasteiger partial charge in [0.05, 0.1) is 25.9 Å². The molecule has 0 spiro atoms. The lowest BCUT2D eigenvalue weighted by Gasteiger charge is -2.38. The molecular weight excluding hydrogens is 402 g/mol. The smallest absolute Gasteiger partial charge is 0.409 e. The molecular formula is C27H31NO4. The van der Waals surface area contributed by atoms with Crippen molar-refractivity contribution in [2.75, 3.05) is 19.7 Å². The number of piperidine rings is 1. The molecule has 1 aliphatic rings. The quantitative estimate of drug-likeness (QED) is 0.474. The van der Waals surface area contributed by atoms with Crippen LogP contribution >= 0.6 is 0 Å². The van der Waals surface area contributed by atoms with Crippen molar-refractivity contribution in [3.05, 3.63) is 77.9 Å². The molecule has 1 N–H and O–H groups in total. The van der Waals surface area contributed by atoms with Crippen molar-refractivity contribution in [2.24, 2.45) is 0 Å². The van der Waals surface area contributed by atoms with E-state index in [2.05, 4.69) is 37.3 Å². The predicted octanol–water partition coefficient (Wildman–Crippen LogP) is 5.86. The van der Waals surface area contributed by atoms with Gasteiger partial charge in [-0.2, -0.15) is 0 Å². The van der Waals surface area contributed by atoms with E-state index in [1.807, 2.05) is 24.3 Å². The number of ether oxygens (including phenoxy) is 2. The fraction of sp³-hybridized carbons (Fsp3) is 0.370. The van der Waals surface area contributed by atoms with Crippen molar-refractivity contribution in [1.29, 1.82) is 0 Å². The van der Waals surface area contributed by atoms with E-state index in [1.54, 1.807) is 17.0 Å². The van der Waals surface area contributed by atoms with E-state index in [-0.39, 0.29) is 23.9 Å². The number of likely N-dealkylation sites (tertiary alicyclic amines) is 1. The molecule has 0 bridgehead atoms. The second-order valence-corrected chi connectivity index (χ2v) is 8.43. The Bertz CT molecular complexity index is 1030. The molecule has 168 valence electrons. The van der Waals surface area contributed by atoms with Crippen LogP contribution in [-0.2, 0) is 16.1 Å². The summed E-state index contributed by atoms with van der Waals surface area (Å²) in [6, 6.07) is 22.0. The predicted molar refractivity (Wildman–Crippen MR) is 126 cm³/mol. The van der Waals surface area contributed by atoms with Crippen LogP contribution in [0, 0.1) is 0 Å². The van der Waals surface area contributed by atoms with E-state index in [0.29, 0.717) is 26.3 Å². The molecule has 0 saturated carbocycles. The van der Waals surface area contributed by atoms with Crippen LogP contribution in [0.15, 0.2) is 66.7 Å². The van der Waals surface area contributed by atoms with Crippen LogP contribution in [0.4, 0.5) is 4.79 Å². The van der Waals surface area contributed by atoms with Gasteiger partial charge in [0.15, 0.2) is 0 Å². The number of carbonyl (C=O) groups excluding carboxylic acids is 1. The number of hydrogen-bond acceptors (Lipinski definition) is 4. The van der Waals surface area contributed by atoms with Crippen LogP contribution in [0.3, 0.4) is 0 Å². The number of rotatable bonds is 7. The number of phenolic OH excluding ortho intramolecular Hbond substituents is 1. The van der Waals surface area contributed by atoms with Crippen molar-refractivity contribution in [3.8, 4) is 5.75 Å². The van der Waals surface area contributed by atoms with Crippen LogP contribution in [-0.4, -0.2) is 41.9 Å². The Morgan fingerprint density at radius 3 is 2.62 bits per heavy atom. The number of fused-ring (bicyclic) bond motifs is 1. The minimum absolute atomic E-state index is 0.149. The van der Waals surface area contributed by atoms with Gasteiger partial charge in [-0.25, -0.2) is 4.79 Å². The summed E-state index contributed by atoms with van der Waals surface area (Å²) in [5, 5.41) is 12.1. The van der Waals surface area contributed by atoms with Gasteiger partial charge in [-0.1, -0.05) is 61.9 Å². The second kappa shape index (κ2) is 10.5. The molecule has 1 amide bonds. The fourth-order valence-corrected chi connectivity index (χ4v) is 4.28. The van der Waals surface area contributed by atoms with Gasteiger partial charge >= 0.3 is 6.09 Å². The summed E-state index contributed by atoms with van der Waals surface area (Å²) in [4.78, 5) is 14.3. The summed E-state index contributed by atoms with van der Waals surface area (Å²) in [7, 11) is 0. The highest BCUT2D eigenvalue weighted by molar-refractivity contribution is 5.82. The Labute approximate surface area is 189 Å². The number of carbonyl (C=O) groups is 1. The van der Waals surface area contributed by atoms with Gasteiger partial charge in [-0.3, -0.25) is 0 Å². The first-order chi connectivity index (χ1) is 15.6. The van der Waals surface area contributed by atoms with E-state index in [4.69, 9.17) is 9.47 Å². The van der Waals surface area contributed by atoms with Crippen molar-refractivity contribution in [1.82, 2.24) is 4.90 Å². The number of unbranched alkanes of at least 4 members (excludes halogenated alkanes) is 1. The van der Waals surface area contributed by atoms with Crippen molar-refractivity contribution < 1.29 is 19.4 Å². The molecule has 32 heavy (non-hydrogen) atoms. The van der Waals surface area contributed by atoms with Crippen molar-refractivity contribution in [3.63, 3.8) is 0 Å². The highest BCUT2D eigenvalue weighted by atomic mass is 16.6. The standard InChI is InChI=1S/C27H31NO4/c1-2-3-16-31-27(30)28-15-14-25(22-10-12-24(29)13-11-22)26(18-28)32-19-20-8-9-21-6-4-5-7-23(21)17-20/h4-13,17,25-26,29H,2-3,14-16,18-19H2,1H3. The maximum Gasteiger partial charge on any atom is 0.409 e. The number of aromatic hydroxyl groups is 1. The Morgan fingerprint density at radius 2 is 1.84 bits per heavy atom. The van der Waals surface area contributed by atoms with E-state index in [9.17, 15) is 9.90 Å². The van der Waals surface area contributed by atoms with Crippen LogP contribution < -0.4 is 0 Å². The number of nitrogens with zero attached hydrogens (tertiary/aromatic N) is 1. The van der Waals surface area contributed by atoms with Crippen molar-refractivity contribution >= 4 is 16.9 Å². The summed E-state index contributed by atoms with van der Waals surface area (Å²) < 4.78 is 11.8. The highest BCUT2D eigenvalue weighted by Crippen LogP contribution is 2.32. The molecule has 5 nitrogen and oxygen atoms in total. The maximum absolute atomic E-state index is 12.5. The van der Waals surface area contributed by atoms with Gasteiger partial charge in [0.2, 0.25) is 0 Å². The van der Waals surface area contributed by atoms with E-state index in [0.717, 1.165) is 30.4 Å². The monoisotopic (exact) mass is 433 g/mol. The first-order valence-corrected chi connectivity index (χ1v) is 11.4. The van der Waals surface area contributed by atoms with E-state index in [1.165, 1.54) is 10.8 Å². The Balaban J connectivity index is 1.48. The van der Waals surface area contributed by atoms with Crippen molar-refractivity contribution in [2.45, 2.75) is 44.8 Å². The molecule has 3 aromatic carbocycles. The van der Waals surface area contributed by atoms with E-state index < -0.39 is 0 Å². The topological polar surface area (TPSA) is 59.0 Å². The van der Waals surface area contributed by atoms with Crippen LogP contribution in [0.2, 0.25) is 0 Å². The van der Waals surface area contributed by atoms with Gasteiger partial charge in [0.25, 0.3) is 0 Å². The van der Waals surface area contributed by atoms with Gasteiger partial charge < -0.3 is 19.5 Å². The third kappa shape index (κ3) is 5.40. The molecule has 5 heteroatoms. The number of benzene rings is 3. The van der Waals surface area contributed by atoms with Gasteiger partial charge in [-0.15, -0.1) is 0 Å². The Kier molecular flexibility index (Phi) is 7.28. The first kappa shape index (κ1) is 22.2. The molecule has 1 fully saturated rings. The molecule has 0 radical (unpaired) electrons. The average molecular weight is 434 g/mol. The van der Waals surface area contributed by atoms with Gasteiger partial charge in [0.1, 0.15) is 5.75 Å². The molecule has 1 saturated heterocycles. The number of hydrogen-bond donors (Lipinski definition) is 1. The zero-order valence-corrected chi connectivity index (χ0v) is 18.6. The normalized spacial score (nSPS) is 18.6. The Morgan fingerprint density at radius 1 is 1.06 bits per heavy atom. The maximum atomic E-state index is 12.5. The molecule has 3 aromatic rings. The van der Waals surface area contributed by atoms with Crippen LogP contribution in [0.1, 0.15) is 43.2 Å². The molecule has 0 aliphatic carbocycles. The second-order valence-electron chi connectivity index (χ2n) is 8.43. The molecule has 0 aromatic heterocycles. The summed E-state index contributed by atoms with van der Waals surface area (Å²) >= 11 is 0. The number of amides is 1. The van der Waals surface area contributed by atoms with E-state index >= 15 is 0 Å². The lowest BCUT2D eigenvalue weighted by Crippen LogP contribution is -2.47. The summed E-state index contributed by atoms with van der Waals surface area (Å²) in [6.45, 7) is 4.13. The lowest BCUT2D eigenvalue weighted by atomic mass is 9.87. The number of phenols is 1. The summed E-state index contributed by atoms with van der Waals surface area (Å²) in [6.07, 6.45) is 2.24. The largest absolute Gasteiger partial charge is 0.508 e.